The van der Waals surface area contributed by atoms with E-state index in [1.807, 2.05) is 12.1 Å². The maximum Gasteiger partial charge on any atom is 0.291 e. The van der Waals surface area contributed by atoms with E-state index in [-0.39, 0.29) is 24.2 Å². The fraction of sp³-hybridized carbons (Fsp3) is 0.176. The Morgan fingerprint density at radius 1 is 1.20 bits per heavy atom. The second-order valence-corrected chi connectivity index (χ2v) is 6.58. The molecule has 1 amide bonds. The van der Waals surface area contributed by atoms with Gasteiger partial charge in [0.1, 0.15) is 6.54 Å². The summed E-state index contributed by atoms with van der Waals surface area (Å²) in [6, 6.07) is 14.2. The lowest BCUT2D eigenvalue weighted by atomic mass is 10.2. The van der Waals surface area contributed by atoms with Crippen LogP contribution in [0, 0.1) is 0 Å². The van der Waals surface area contributed by atoms with Gasteiger partial charge in [0, 0.05) is 11.6 Å². The molecule has 3 rings (SSSR count). The maximum atomic E-state index is 12.8. The molecule has 0 aliphatic rings. The third-order valence-corrected chi connectivity index (χ3v) is 4.62. The molecule has 8 heteroatoms. The lowest BCUT2D eigenvalue weighted by Gasteiger charge is -2.10. The Balaban J connectivity index is 1.77. The summed E-state index contributed by atoms with van der Waals surface area (Å²) in [5.74, 6) is -2.92. The topological polar surface area (TPSA) is 46.9 Å². The van der Waals surface area contributed by atoms with Gasteiger partial charge in [-0.1, -0.05) is 41.9 Å². The molecule has 4 nitrogen and oxygen atoms in total. The number of benzene rings is 2. The summed E-state index contributed by atoms with van der Waals surface area (Å²) in [6.07, 6.45) is 0. The summed E-state index contributed by atoms with van der Waals surface area (Å²) in [6.45, 7) is 0.169. The zero-order valence-corrected chi connectivity index (χ0v) is 14.5. The molecular formula is C17H14ClF2N3OS. The standard InChI is InChI=1S/C17H14ClF2N3OS/c18-12-6-2-1-5-11(12)9-21-15(24)10-23-14-8-4-3-7-13(14)22-17(23)25-16(19)20/h1-8,16H,9-10H2,(H,21,24). The summed E-state index contributed by atoms with van der Waals surface area (Å²) >= 11 is 6.38. The molecule has 0 unspecified atom stereocenters. The van der Waals surface area contributed by atoms with Crippen LogP contribution in [0.1, 0.15) is 5.56 Å². The summed E-state index contributed by atoms with van der Waals surface area (Å²) < 4.78 is 27.0. The number of rotatable bonds is 6. The van der Waals surface area contributed by atoms with Crippen LogP contribution in [0.15, 0.2) is 53.7 Å². The Hall–Kier alpha value is -2.12. The lowest BCUT2D eigenvalue weighted by Crippen LogP contribution is -2.27. The van der Waals surface area contributed by atoms with Gasteiger partial charge in [-0.25, -0.2) is 4.98 Å². The molecule has 2 aromatic carbocycles. The first-order valence-corrected chi connectivity index (χ1v) is 8.70. The van der Waals surface area contributed by atoms with Crippen LogP contribution in [-0.4, -0.2) is 21.2 Å². The Labute approximate surface area is 152 Å². The number of hydrogen-bond donors (Lipinski definition) is 1. The van der Waals surface area contributed by atoms with E-state index in [9.17, 15) is 13.6 Å². The maximum absolute atomic E-state index is 12.8. The van der Waals surface area contributed by atoms with Crippen LogP contribution < -0.4 is 5.32 Å². The van der Waals surface area contributed by atoms with Crippen molar-refractivity contribution in [2.75, 3.05) is 0 Å². The van der Waals surface area contributed by atoms with Crippen molar-refractivity contribution in [2.45, 2.75) is 24.0 Å². The van der Waals surface area contributed by atoms with Gasteiger partial charge in [0.2, 0.25) is 5.91 Å². The first-order valence-electron chi connectivity index (χ1n) is 7.45. The third kappa shape index (κ3) is 4.29. The Kier molecular flexibility index (Phi) is 5.55. The van der Waals surface area contributed by atoms with Crippen molar-refractivity contribution in [1.29, 1.82) is 0 Å². The molecule has 3 aromatic rings. The quantitative estimate of drug-likeness (QED) is 0.647. The van der Waals surface area contributed by atoms with Gasteiger partial charge in [-0.05, 0) is 35.5 Å². The summed E-state index contributed by atoms with van der Waals surface area (Å²) in [5.41, 5.74) is 2.00. The minimum absolute atomic E-state index is 0.0972. The number of thioether (sulfide) groups is 1. The van der Waals surface area contributed by atoms with Gasteiger partial charge < -0.3 is 9.88 Å². The zero-order chi connectivity index (χ0) is 17.8. The lowest BCUT2D eigenvalue weighted by molar-refractivity contribution is -0.121. The first kappa shape index (κ1) is 17.7. The molecule has 0 aliphatic heterocycles. The average Bonchev–Trinajstić information content (AvgIpc) is 2.91. The van der Waals surface area contributed by atoms with Crippen LogP contribution in [0.25, 0.3) is 11.0 Å². The Bertz CT molecular complexity index is 900. The van der Waals surface area contributed by atoms with Gasteiger partial charge in [-0.15, -0.1) is 0 Å². The van der Waals surface area contributed by atoms with E-state index in [0.29, 0.717) is 27.8 Å². The molecule has 1 N–H and O–H groups in total. The Morgan fingerprint density at radius 3 is 2.68 bits per heavy atom. The summed E-state index contributed by atoms with van der Waals surface area (Å²) in [7, 11) is 0. The van der Waals surface area contributed by atoms with E-state index < -0.39 is 5.76 Å². The average molecular weight is 382 g/mol. The predicted octanol–water partition coefficient (Wildman–Crippen LogP) is 4.32. The molecule has 0 saturated carbocycles. The normalized spacial score (nSPS) is 11.2. The number of nitrogens with zero attached hydrogens (tertiary/aromatic N) is 2. The van der Waals surface area contributed by atoms with Gasteiger partial charge in [0.05, 0.1) is 11.0 Å². The van der Waals surface area contributed by atoms with Crippen LogP contribution >= 0.6 is 23.4 Å². The van der Waals surface area contributed by atoms with Crippen molar-refractivity contribution >= 4 is 40.3 Å². The van der Waals surface area contributed by atoms with Gasteiger partial charge >= 0.3 is 0 Å². The van der Waals surface area contributed by atoms with Gasteiger partial charge in [-0.3, -0.25) is 4.79 Å². The smallest absolute Gasteiger partial charge is 0.291 e. The Morgan fingerprint density at radius 2 is 1.92 bits per heavy atom. The van der Waals surface area contributed by atoms with Crippen molar-refractivity contribution in [2.24, 2.45) is 0 Å². The number of amides is 1. The highest BCUT2D eigenvalue weighted by molar-refractivity contribution is 7.99. The van der Waals surface area contributed by atoms with E-state index >= 15 is 0 Å². The predicted molar refractivity (Wildman–Crippen MR) is 94.9 cm³/mol. The molecule has 0 spiro atoms. The highest BCUT2D eigenvalue weighted by Gasteiger charge is 2.17. The number of carbonyl (C=O) groups excluding carboxylic acids is 1. The van der Waals surface area contributed by atoms with Crippen LogP contribution in [-0.2, 0) is 17.9 Å². The number of alkyl halides is 2. The molecule has 0 atom stereocenters. The number of nitrogens with one attached hydrogen (secondary N) is 1. The van der Waals surface area contributed by atoms with E-state index in [2.05, 4.69) is 10.3 Å². The minimum Gasteiger partial charge on any atom is -0.350 e. The van der Waals surface area contributed by atoms with Crippen molar-refractivity contribution in [3.8, 4) is 0 Å². The van der Waals surface area contributed by atoms with Crippen LogP contribution in [0.5, 0.6) is 0 Å². The second-order valence-electron chi connectivity index (χ2n) is 5.22. The number of para-hydroxylation sites is 2. The number of fused-ring (bicyclic) bond motifs is 1. The minimum atomic E-state index is -2.61. The number of aromatic nitrogens is 2. The van der Waals surface area contributed by atoms with E-state index in [4.69, 9.17) is 11.6 Å². The highest BCUT2D eigenvalue weighted by atomic mass is 35.5. The fourth-order valence-corrected chi connectivity index (χ4v) is 3.21. The molecule has 0 radical (unpaired) electrons. The van der Waals surface area contributed by atoms with E-state index in [1.54, 1.807) is 36.4 Å². The summed E-state index contributed by atoms with van der Waals surface area (Å²) in [4.78, 5) is 16.5. The van der Waals surface area contributed by atoms with Crippen molar-refractivity contribution < 1.29 is 13.6 Å². The monoisotopic (exact) mass is 381 g/mol. The molecule has 1 aromatic heterocycles. The van der Waals surface area contributed by atoms with Crippen molar-refractivity contribution in [3.63, 3.8) is 0 Å². The second kappa shape index (κ2) is 7.84. The number of imidazole rings is 1. The highest BCUT2D eigenvalue weighted by Crippen LogP contribution is 2.28. The van der Waals surface area contributed by atoms with Crippen LogP contribution in [0.4, 0.5) is 8.78 Å². The molecule has 1 heterocycles. The van der Waals surface area contributed by atoms with Crippen LogP contribution in [0.2, 0.25) is 5.02 Å². The van der Waals surface area contributed by atoms with E-state index in [0.717, 1.165) is 5.56 Å². The zero-order valence-electron chi connectivity index (χ0n) is 13.0. The molecule has 0 saturated heterocycles. The molecule has 0 bridgehead atoms. The molecule has 130 valence electrons. The molecule has 0 aliphatic carbocycles. The fourth-order valence-electron chi connectivity index (χ4n) is 2.41. The van der Waals surface area contributed by atoms with Crippen LogP contribution in [0.3, 0.4) is 0 Å². The third-order valence-electron chi connectivity index (χ3n) is 3.55. The SMILES string of the molecule is O=C(Cn1c(SC(F)F)nc2ccccc21)NCc1ccccc1Cl. The van der Waals surface area contributed by atoms with Gasteiger partial charge in [0.15, 0.2) is 5.16 Å². The molecule has 25 heavy (non-hydrogen) atoms. The molecule has 0 fully saturated rings. The summed E-state index contributed by atoms with van der Waals surface area (Å²) in [5, 5.41) is 3.43. The van der Waals surface area contributed by atoms with Gasteiger partial charge in [-0.2, -0.15) is 8.78 Å². The molecular weight excluding hydrogens is 368 g/mol. The largest absolute Gasteiger partial charge is 0.350 e. The number of halogens is 3. The van der Waals surface area contributed by atoms with Gasteiger partial charge in [0.25, 0.3) is 5.76 Å². The number of hydrogen-bond acceptors (Lipinski definition) is 3. The van der Waals surface area contributed by atoms with Crippen molar-refractivity contribution in [3.05, 3.63) is 59.1 Å². The van der Waals surface area contributed by atoms with E-state index in [1.165, 1.54) is 4.57 Å². The van der Waals surface area contributed by atoms with Crippen molar-refractivity contribution in [1.82, 2.24) is 14.9 Å². The number of carbonyl (C=O) groups is 1. The first-order chi connectivity index (χ1) is 12.0.